The molecule has 1 unspecified atom stereocenters. The first-order valence-electron chi connectivity index (χ1n) is 6.19. The Kier molecular flexibility index (Phi) is 5.48. The number of aliphatic carboxylic acids is 1. The van der Waals surface area contributed by atoms with Crippen molar-refractivity contribution in [3.8, 4) is 0 Å². The summed E-state index contributed by atoms with van der Waals surface area (Å²) < 4.78 is 13.0. The molecule has 0 saturated heterocycles. The van der Waals surface area contributed by atoms with Crippen molar-refractivity contribution >= 4 is 11.9 Å². The zero-order chi connectivity index (χ0) is 14.4. The Balaban J connectivity index is 2.43. The average molecular weight is 267 g/mol. The molecule has 1 atom stereocenters. The molecule has 0 aromatic heterocycles. The standard InChI is InChI=1S/C14H18FNO3/c1-9-5-6-11(15)8-12(9)13(17)16-7-3-4-10(2)14(18)19/h5-6,8,10H,3-4,7H2,1-2H3,(H,16,17)(H,18,19). The van der Waals surface area contributed by atoms with Gasteiger partial charge < -0.3 is 10.4 Å². The molecule has 1 aromatic rings. The number of aryl methyl sites for hydroxylation is 1. The molecule has 0 saturated carbocycles. The van der Waals surface area contributed by atoms with Crippen molar-refractivity contribution < 1.29 is 19.1 Å². The Morgan fingerprint density at radius 2 is 2.11 bits per heavy atom. The minimum atomic E-state index is -0.840. The lowest BCUT2D eigenvalue weighted by Crippen LogP contribution is -2.26. The van der Waals surface area contributed by atoms with E-state index in [0.29, 0.717) is 30.5 Å². The fourth-order valence-electron chi connectivity index (χ4n) is 1.67. The Morgan fingerprint density at radius 1 is 1.42 bits per heavy atom. The average Bonchev–Trinajstić information content (AvgIpc) is 2.36. The first-order valence-corrected chi connectivity index (χ1v) is 6.19. The van der Waals surface area contributed by atoms with Gasteiger partial charge in [-0.05, 0) is 37.5 Å². The Bertz CT molecular complexity index is 474. The Hall–Kier alpha value is -1.91. The predicted octanol–water partition coefficient (Wildman–Crippen LogP) is 2.36. The molecule has 2 N–H and O–H groups in total. The van der Waals surface area contributed by atoms with E-state index in [1.165, 1.54) is 12.1 Å². The molecule has 0 aliphatic carbocycles. The van der Waals surface area contributed by atoms with Gasteiger partial charge in [0.05, 0.1) is 5.92 Å². The van der Waals surface area contributed by atoms with Crippen LogP contribution in [0.15, 0.2) is 18.2 Å². The SMILES string of the molecule is Cc1ccc(F)cc1C(=O)NCCCC(C)C(=O)O. The normalized spacial score (nSPS) is 11.9. The van der Waals surface area contributed by atoms with E-state index >= 15 is 0 Å². The zero-order valence-corrected chi connectivity index (χ0v) is 11.1. The van der Waals surface area contributed by atoms with E-state index in [9.17, 15) is 14.0 Å². The summed E-state index contributed by atoms with van der Waals surface area (Å²) in [5.74, 6) is -2.05. The largest absolute Gasteiger partial charge is 0.481 e. The maximum absolute atomic E-state index is 13.0. The minimum absolute atomic E-state index is 0.311. The van der Waals surface area contributed by atoms with Crippen LogP contribution >= 0.6 is 0 Å². The van der Waals surface area contributed by atoms with Crippen LogP contribution in [0.25, 0.3) is 0 Å². The van der Waals surface area contributed by atoms with Crippen LogP contribution in [0, 0.1) is 18.7 Å². The molecule has 0 bridgehead atoms. The first kappa shape index (κ1) is 15.1. The number of nitrogens with one attached hydrogen (secondary N) is 1. The third-order valence-corrected chi connectivity index (χ3v) is 2.97. The molecule has 1 aromatic carbocycles. The quantitative estimate of drug-likeness (QED) is 0.778. The highest BCUT2D eigenvalue weighted by atomic mass is 19.1. The molecule has 19 heavy (non-hydrogen) atoms. The summed E-state index contributed by atoms with van der Waals surface area (Å²) in [6.45, 7) is 3.74. The smallest absolute Gasteiger partial charge is 0.306 e. The number of halogens is 1. The van der Waals surface area contributed by atoms with Crippen LogP contribution in [0.2, 0.25) is 0 Å². The van der Waals surface area contributed by atoms with Crippen molar-refractivity contribution in [3.05, 3.63) is 35.1 Å². The summed E-state index contributed by atoms with van der Waals surface area (Å²) in [5, 5.41) is 11.4. The van der Waals surface area contributed by atoms with E-state index in [4.69, 9.17) is 5.11 Å². The van der Waals surface area contributed by atoms with Crippen LogP contribution in [-0.4, -0.2) is 23.5 Å². The van der Waals surface area contributed by atoms with Crippen molar-refractivity contribution in [2.24, 2.45) is 5.92 Å². The third kappa shape index (κ3) is 4.69. The Morgan fingerprint density at radius 3 is 2.74 bits per heavy atom. The summed E-state index contributed by atoms with van der Waals surface area (Å²) in [6.07, 6.45) is 1.07. The summed E-state index contributed by atoms with van der Waals surface area (Å²) in [6, 6.07) is 4.06. The van der Waals surface area contributed by atoms with E-state index in [0.717, 1.165) is 0 Å². The van der Waals surface area contributed by atoms with Crippen LogP contribution in [-0.2, 0) is 4.79 Å². The predicted molar refractivity (Wildman–Crippen MR) is 69.5 cm³/mol. The fourth-order valence-corrected chi connectivity index (χ4v) is 1.67. The molecule has 0 fully saturated rings. The zero-order valence-electron chi connectivity index (χ0n) is 11.1. The van der Waals surface area contributed by atoms with Crippen LogP contribution in [0.1, 0.15) is 35.7 Å². The number of hydrogen-bond acceptors (Lipinski definition) is 2. The molecule has 1 rings (SSSR count). The van der Waals surface area contributed by atoms with Gasteiger partial charge in [-0.25, -0.2) is 4.39 Å². The number of rotatable bonds is 6. The number of carbonyl (C=O) groups is 2. The minimum Gasteiger partial charge on any atom is -0.481 e. The maximum atomic E-state index is 13.0. The van der Waals surface area contributed by atoms with Crippen LogP contribution < -0.4 is 5.32 Å². The van der Waals surface area contributed by atoms with E-state index in [-0.39, 0.29) is 5.91 Å². The third-order valence-electron chi connectivity index (χ3n) is 2.97. The second-order valence-electron chi connectivity index (χ2n) is 4.60. The van der Waals surface area contributed by atoms with Crippen LogP contribution in [0.5, 0.6) is 0 Å². The van der Waals surface area contributed by atoms with E-state index in [1.807, 2.05) is 0 Å². The molecule has 104 valence electrons. The van der Waals surface area contributed by atoms with E-state index in [1.54, 1.807) is 19.9 Å². The Labute approximate surface area is 111 Å². The van der Waals surface area contributed by atoms with E-state index < -0.39 is 17.7 Å². The summed E-state index contributed by atoms with van der Waals surface area (Å²) in [4.78, 5) is 22.4. The number of carboxylic acid groups (broad SMARTS) is 1. The summed E-state index contributed by atoms with van der Waals surface area (Å²) in [7, 11) is 0. The summed E-state index contributed by atoms with van der Waals surface area (Å²) >= 11 is 0. The first-order chi connectivity index (χ1) is 8.91. The van der Waals surface area contributed by atoms with Gasteiger partial charge in [0, 0.05) is 12.1 Å². The van der Waals surface area contributed by atoms with Gasteiger partial charge in [-0.1, -0.05) is 13.0 Å². The summed E-state index contributed by atoms with van der Waals surface area (Å²) in [5.41, 5.74) is 1.02. The van der Waals surface area contributed by atoms with Gasteiger partial charge in [-0.15, -0.1) is 0 Å². The monoisotopic (exact) mass is 267 g/mol. The maximum Gasteiger partial charge on any atom is 0.306 e. The molecule has 0 aliphatic rings. The molecule has 1 amide bonds. The highest BCUT2D eigenvalue weighted by molar-refractivity contribution is 5.95. The lowest BCUT2D eigenvalue weighted by Gasteiger charge is -2.09. The van der Waals surface area contributed by atoms with Crippen molar-refractivity contribution in [1.29, 1.82) is 0 Å². The number of benzene rings is 1. The van der Waals surface area contributed by atoms with Crippen molar-refractivity contribution in [1.82, 2.24) is 5.32 Å². The lowest BCUT2D eigenvalue weighted by molar-refractivity contribution is -0.141. The molecular formula is C14H18FNO3. The number of carboxylic acids is 1. The van der Waals surface area contributed by atoms with Gasteiger partial charge in [0.2, 0.25) is 0 Å². The highest BCUT2D eigenvalue weighted by Crippen LogP contribution is 2.10. The highest BCUT2D eigenvalue weighted by Gasteiger charge is 2.12. The van der Waals surface area contributed by atoms with E-state index in [2.05, 4.69) is 5.32 Å². The van der Waals surface area contributed by atoms with Gasteiger partial charge in [-0.2, -0.15) is 0 Å². The fraction of sp³-hybridized carbons (Fsp3) is 0.429. The van der Waals surface area contributed by atoms with Crippen LogP contribution in [0.4, 0.5) is 4.39 Å². The molecule has 5 heteroatoms. The second kappa shape index (κ2) is 6.87. The van der Waals surface area contributed by atoms with Crippen molar-refractivity contribution in [2.45, 2.75) is 26.7 Å². The molecule has 4 nitrogen and oxygen atoms in total. The van der Waals surface area contributed by atoms with Crippen molar-refractivity contribution in [3.63, 3.8) is 0 Å². The number of carbonyl (C=O) groups excluding carboxylic acids is 1. The topological polar surface area (TPSA) is 66.4 Å². The second-order valence-corrected chi connectivity index (χ2v) is 4.60. The van der Waals surface area contributed by atoms with Gasteiger partial charge >= 0.3 is 5.97 Å². The van der Waals surface area contributed by atoms with Gasteiger partial charge in [0.25, 0.3) is 5.91 Å². The van der Waals surface area contributed by atoms with Gasteiger partial charge in [0.1, 0.15) is 5.82 Å². The number of hydrogen-bond donors (Lipinski definition) is 2. The number of amides is 1. The molecule has 0 heterocycles. The molecule has 0 aliphatic heterocycles. The van der Waals surface area contributed by atoms with Gasteiger partial charge in [-0.3, -0.25) is 9.59 Å². The van der Waals surface area contributed by atoms with Gasteiger partial charge in [0.15, 0.2) is 0 Å². The molecule has 0 radical (unpaired) electrons. The van der Waals surface area contributed by atoms with Crippen molar-refractivity contribution in [2.75, 3.05) is 6.54 Å². The van der Waals surface area contributed by atoms with Crippen LogP contribution in [0.3, 0.4) is 0 Å². The molecular weight excluding hydrogens is 249 g/mol. The molecule has 0 spiro atoms. The lowest BCUT2D eigenvalue weighted by atomic mass is 10.1.